The van der Waals surface area contributed by atoms with Crippen molar-refractivity contribution in [2.45, 2.75) is 18.9 Å². The molecule has 1 atom stereocenters. The molecule has 0 radical (unpaired) electrons. The van der Waals surface area contributed by atoms with Gasteiger partial charge in [-0.2, -0.15) is 5.10 Å². The summed E-state index contributed by atoms with van der Waals surface area (Å²) in [5.41, 5.74) is 1.37. The van der Waals surface area contributed by atoms with E-state index in [2.05, 4.69) is 25.7 Å². The molecule has 3 aromatic rings. The zero-order valence-electron chi connectivity index (χ0n) is 14.3. The first kappa shape index (κ1) is 17.0. The fourth-order valence-electron chi connectivity index (χ4n) is 2.53. The van der Waals surface area contributed by atoms with Crippen LogP contribution in [0.2, 0.25) is 0 Å². The number of carbonyl (C=O) groups is 1. The van der Waals surface area contributed by atoms with Gasteiger partial charge >= 0.3 is 6.03 Å². The standard InChI is InChI=1S/C17H22N6O2/c1-17(25,12-9-20-23(2)10-12)11-19-16(24)18-8-7-15-21-13-5-3-4-6-14(13)22-15/h3-6,9-10,25H,7-8,11H2,1-2H3,(H,21,22)(H2,18,19,24). The van der Waals surface area contributed by atoms with Crippen molar-refractivity contribution in [1.82, 2.24) is 30.4 Å². The van der Waals surface area contributed by atoms with Crippen LogP contribution < -0.4 is 10.6 Å². The number of hydrogen-bond acceptors (Lipinski definition) is 4. The SMILES string of the molecule is Cn1cc(C(C)(O)CNC(=O)NCCc2nc3ccccc3[nH]2)cn1. The molecule has 132 valence electrons. The molecular weight excluding hydrogens is 320 g/mol. The van der Waals surface area contributed by atoms with Crippen LogP contribution in [0.3, 0.4) is 0 Å². The Morgan fingerprint density at radius 1 is 1.36 bits per heavy atom. The molecule has 0 aliphatic rings. The van der Waals surface area contributed by atoms with Gasteiger partial charge in [0, 0.05) is 31.8 Å². The van der Waals surface area contributed by atoms with Gasteiger partial charge in [-0.15, -0.1) is 0 Å². The van der Waals surface area contributed by atoms with Gasteiger partial charge in [0.25, 0.3) is 0 Å². The molecular formula is C17H22N6O2. The Labute approximate surface area is 145 Å². The summed E-state index contributed by atoms with van der Waals surface area (Å²) in [6, 6.07) is 7.46. The molecule has 1 aromatic carbocycles. The van der Waals surface area contributed by atoms with Crippen molar-refractivity contribution in [1.29, 1.82) is 0 Å². The number of urea groups is 1. The average Bonchev–Trinajstić information content (AvgIpc) is 3.19. The van der Waals surface area contributed by atoms with E-state index < -0.39 is 5.60 Å². The van der Waals surface area contributed by atoms with Crippen molar-refractivity contribution < 1.29 is 9.90 Å². The molecule has 0 spiro atoms. The Morgan fingerprint density at radius 2 is 2.16 bits per heavy atom. The number of aliphatic hydroxyl groups is 1. The van der Waals surface area contributed by atoms with Gasteiger partial charge in [-0.05, 0) is 19.1 Å². The Balaban J connectivity index is 1.45. The number of nitrogens with zero attached hydrogens (tertiary/aromatic N) is 3. The smallest absolute Gasteiger partial charge is 0.314 e. The number of hydrogen-bond donors (Lipinski definition) is 4. The molecule has 0 bridgehead atoms. The van der Waals surface area contributed by atoms with Crippen molar-refractivity contribution in [3.63, 3.8) is 0 Å². The number of amides is 2. The van der Waals surface area contributed by atoms with E-state index in [1.807, 2.05) is 24.3 Å². The van der Waals surface area contributed by atoms with E-state index in [1.54, 1.807) is 31.0 Å². The maximum Gasteiger partial charge on any atom is 0.314 e. The van der Waals surface area contributed by atoms with Crippen LogP contribution >= 0.6 is 0 Å². The molecule has 0 aliphatic heterocycles. The van der Waals surface area contributed by atoms with Gasteiger partial charge in [-0.25, -0.2) is 9.78 Å². The average molecular weight is 342 g/mol. The van der Waals surface area contributed by atoms with Gasteiger partial charge in [0.1, 0.15) is 11.4 Å². The van der Waals surface area contributed by atoms with E-state index in [0.717, 1.165) is 16.9 Å². The zero-order valence-corrected chi connectivity index (χ0v) is 14.3. The second-order valence-corrected chi connectivity index (χ2v) is 6.24. The molecule has 0 saturated heterocycles. The van der Waals surface area contributed by atoms with E-state index in [1.165, 1.54) is 0 Å². The van der Waals surface area contributed by atoms with Gasteiger partial charge < -0.3 is 20.7 Å². The highest BCUT2D eigenvalue weighted by molar-refractivity contribution is 5.75. The van der Waals surface area contributed by atoms with Crippen LogP contribution in [-0.4, -0.2) is 44.0 Å². The Bertz CT molecular complexity index is 834. The molecule has 4 N–H and O–H groups in total. The summed E-state index contributed by atoms with van der Waals surface area (Å²) >= 11 is 0. The number of nitrogens with one attached hydrogen (secondary N) is 3. The van der Waals surface area contributed by atoms with Crippen LogP contribution in [0.25, 0.3) is 11.0 Å². The number of imidazole rings is 1. The highest BCUT2D eigenvalue weighted by atomic mass is 16.3. The normalized spacial score (nSPS) is 13.6. The number of fused-ring (bicyclic) bond motifs is 1. The number of benzene rings is 1. The van der Waals surface area contributed by atoms with Crippen LogP contribution in [-0.2, 0) is 19.1 Å². The lowest BCUT2D eigenvalue weighted by molar-refractivity contribution is 0.0593. The maximum absolute atomic E-state index is 11.9. The number of H-pyrrole nitrogens is 1. The van der Waals surface area contributed by atoms with E-state index in [0.29, 0.717) is 18.5 Å². The van der Waals surface area contributed by atoms with Gasteiger partial charge in [-0.3, -0.25) is 4.68 Å². The Hall–Kier alpha value is -2.87. The first-order valence-corrected chi connectivity index (χ1v) is 8.11. The molecule has 0 saturated carbocycles. The van der Waals surface area contributed by atoms with Crippen molar-refractivity contribution in [3.05, 3.63) is 48.0 Å². The zero-order chi connectivity index (χ0) is 17.9. The fraction of sp³-hybridized carbons (Fsp3) is 0.353. The molecule has 25 heavy (non-hydrogen) atoms. The van der Waals surface area contributed by atoms with Crippen molar-refractivity contribution in [2.24, 2.45) is 7.05 Å². The quantitative estimate of drug-likeness (QED) is 0.537. The molecule has 1 unspecified atom stereocenters. The summed E-state index contributed by atoms with van der Waals surface area (Å²) in [6.07, 6.45) is 3.91. The lowest BCUT2D eigenvalue weighted by atomic mass is 10.00. The summed E-state index contributed by atoms with van der Waals surface area (Å²) in [6.45, 7) is 2.18. The fourth-order valence-corrected chi connectivity index (χ4v) is 2.53. The topological polar surface area (TPSA) is 108 Å². The van der Waals surface area contributed by atoms with Gasteiger partial charge in [-0.1, -0.05) is 12.1 Å². The van der Waals surface area contributed by atoms with Crippen molar-refractivity contribution in [2.75, 3.05) is 13.1 Å². The summed E-state index contributed by atoms with van der Waals surface area (Å²) in [7, 11) is 1.78. The van der Waals surface area contributed by atoms with E-state index in [9.17, 15) is 9.90 Å². The van der Waals surface area contributed by atoms with Crippen LogP contribution in [0.15, 0.2) is 36.7 Å². The molecule has 2 heterocycles. The largest absolute Gasteiger partial charge is 0.383 e. The molecule has 2 amide bonds. The summed E-state index contributed by atoms with van der Waals surface area (Å²) in [4.78, 5) is 19.6. The first-order valence-electron chi connectivity index (χ1n) is 8.11. The van der Waals surface area contributed by atoms with Crippen LogP contribution in [0.5, 0.6) is 0 Å². The third kappa shape index (κ3) is 4.16. The molecule has 3 rings (SSSR count). The van der Waals surface area contributed by atoms with Crippen LogP contribution in [0.4, 0.5) is 4.79 Å². The number of aryl methyl sites for hydroxylation is 1. The number of carbonyl (C=O) groups excluding carboxylic acids is 1. The summed E-state index contributed by atoms with van der Waals surface area (Å²) in [5.74, 6) is 0.823. The minimum atomic E-state index is -1.18. The number of aromatic nitrogens is 4. The summed E-state index contributed by atoms with van der Waals surface area (Å²) < 4.78 is 1.61. The Morgan fingerprint density at radius 3 is 2.88 bits per heavy atom. The predicted molar refractivity (Wildman–Crippen MR) is 94.0 cm³/mol. The molecule has 2 aromatic heterocycles. The highest BCUT2D eigenvalue weighted by Gasteiger charge is 2.25. The number of rotatable bonds is 6. The number of aromatic amines is 1. The lowest BCUT2D eigenvalue weighted by Gasteiger charge is -2.22. The highest BCUT2D eigenvalue weighted by Crippen LogP contribution is 2.18. The third-order valence-electron chi connectivity index (χ3n) is 4.01. The molecule has 8 heteroatoms. The van der Waals surface area contributed by atoms with Crippen molar-refractivity contribution >= 4 is 17.1 Å². The third-order valence-corrected chi connectivity index (χ3v) is 4.01. The maximum atomic E-state index is 11.9. The number of para-hydroxylation sites is 2. The van der Waals surface area contributed by atoms with Crippen LogP contribution in [0.1, 0.15) is 18.3 Å². The van der Waals surface area contributed by atoms with E-state index >= 15 is 0 Å². The van der Waals surface area contributed by atoms with Gasteiger partial charge in [0.2, 0.25) is 0 Å². The Kier molecular flexibility index (Phi) is 4.71. The van der Waals surface area contributed by atoms with Crippen LogP contribution in [0, 0.1) is 0 Å². The van der Waals surface area contributed by atoms with Gasteiger partial charge in [0.05, 0.1) is 23.8 Å². The van der Waals surface area contributed by atoms with E-state index in [-0.39, 0.29) is 12.6 Å². The van der Waals surface area contributed by atoms with Gasteiger partial charge in [0.15, 0.2) is 0 Å². The summed E-state index contributed by atoms with van der Waals surface area (Å²) in [5, 5.41) is 19.9. The molecule has 0 fully saturated rings. The minimum absolute atomic E-state index is 0.0924. The predicted octanol–water partition coefficient (Wildman–Crippen LogP) is 1.05. The molecule has 0 aliphatic carbocycles. The monoisotopic (exact) mass is 342 g/mol. The van der Waals surface area contributed by atoms with Crippen molar-refractivity contribution in [3.8, 4) is 0 Å². The van der Waals surface area contributed by atoms with E-state index in [4.69, 9.17) is 0 Å². The first-order chi connectivity index (χ1) is 11.9. The minimum Gasteiger partial charge on any atom is -0.383 e. The second-order valence-electron chi connectivity index (χ2n) is 6.24. The molecule has 8 nitrogen and oxygen atoms in total. The lowest BCUT2D eigenvalue weighted by Crippen LogP contribution is -2.43. The second kappa shape index (κ2) is 6.94.